The van der Waals surface area contributed by atoms with Crippen molar-refractivity contribution < 1.29 is 9.21 Å². The molecule has 4 aromatic rings. The number of hydrogen-bond donors (Lipinski definition) is 0. The van der Waals surface area contributed by atoms with Crippen LogP contribution in [0.25, 0.3) is 11.4 Å². The van der Waals surface area contributed by atoms with Gasteiger partial charge in [-0.2, -0.15) is 4.80 Å². The highest BCUT2D eigenvalue weighted by Crippen LogP contribution is 2.17. The molecule has 146 valence electrons. The molecule has 0 bridgehead atoms. The third-order valence-corrected chi connectivity index (χ3v) is 4.58. The molecule has 0 N–H and O–H groups in total. The molecule has 0 aliphatic carbocycles. The van der Waals surface area contributed by atoms with Gasteiger partial charge in [0.1, 0.15) is 12.3 Å². The number of benzene rings is 2. The van der Waals surface area contributed by atoms with Crippen molar-refractivity contribution in [2.75, 3.05) is 0 Å². The summed E-state index contributed by atoms with van der Waals surface area (Å²) >= 11 is 5.91. The van der Waals surface area contributed by atoms with Gasteiger partial charge in [0.05, 0.1) is 12.8 Å². The molecule has 0 aliphatic rings. The number of carbonyl (C=O) groups is 1. The van der Waals surface area contributed by atoms with Gasteiger partial charge in [0.25, 0.3) is 0 Å². The Bertz CT molecular complexity index is 1060. The number of nitrogens with zero attached hydrogens (tertiary/aromatic N) is 5. The van der Waals surface area contributed by atoms with E-state index in [0.29, 0.717) is 29.7 Å². The molecule has 4 rings (SSSR count). The molecule has 0 radical (unpaired) electrons. The summed E-state index contributed by atoms with van der Waals surface area (Å²) in [6.07, 6.45) is 1.60. The number of aromatic nitrogens is 4. The van der Waals surface area contributed by atoms with Crippen LogP contribution >= 0.6 is 11.6 Å². The van der Waals surface area contributed by atoms with Crippen molar-refractivity contribution in [3.63, 3.8) is 0 Å². The predicted molar refractivity (Wildman–Crippen MR) is 108 cm³/mol. The zero-order valence-corrected chi connectivity index (χ0v) is 16.2. The summed E-state index contributed by atoms with van der Waals surface area (Å²) in [6.45, 7) is 0.798. The largest absolute Gasteiger partial charge is 0.467 e. The summed E-state index contributed by atoms with van der Waals surface area (Å²) in [5.74, 6) is 1.02. The van der Waals surface area contributed by atoms with Gasteiger partial charge in [0.15, 0.2) is 0 Å². The van der Waals surface area contributed by atoms with Crippen LogP contribution < -0.4 is 0 Å². The predicted octanol–water partition coefficient (Wildman–Crippen LogP) is 3.82. The molecular formula is C21H18ClN5O2. The van der Waals surface area contributed by atoms with Crippen molar-refractivity contribution in [2.24, 2.45) is 0 Å². The Hall–Kier alpha value is -3.45. The van der Waals surface area contributed by atoms with Crippen molar-refractivity contribution >= 4 is 17.5 Å². The third-order valence-electron chi connectivity index (χ3n) is 4.33. The van der Waals surface area contributed by atoms with E-state index in [4.69, 9.17) is 16.0 Å². The number of tetrazole rings is 1. The van der Waals surface area contributed by atoms with E-state index in [1.54, 1.807) is 29.4 Å². The van der Waals surface area contributed by atoms with Crippen molar-refractivity contribution in [3.05, 3.63) is 89.3 Å². The first-order chi connectivity index (χ1) is 14.2. The molecule has 29 heavy (non-hydrogen) atoms. The molecule has 2 heterocycles. The Kier molecular flexibility index (Phi) is 5.67. The van der Waals surface area contributed by atoms with Crippen molar-refractivity contribution in [3.8, 4) is 11.4 Å². The van der Waals surface area contributed by atoms with E-state index in [1.807, 2.05) is 48.5 Å². The Labute approximate surface area is 172 Å². The highest BCUT2D eigenvalue weighted by molar-refractivity contribution is 6.30. The van der Waals surface area contributed by atoms with Gasteiger partial charge in [0, 0.05) is 17.1 Å². The van der Waals surface area contributed by atoms with Crippen LogP contribution in [0.3, 0.4) is 0 Å². The number of furan rings is 1. The maximum Gasteiger partial charge on any atom is 0.246 e. The fraction of sp³-hybridized carbons (Fsp3) is 0.143. The zero-order valence-electron chi connectivity index (χ0n) is 15.5. The quantitative estimate of drug-likeness (QED) is 0.465. The molecule has 2 aromatic heterocycles. The van der Waals surface area contributed by atoms with Gasteiger partial charge >= 0.3 is 0 Å². The second-order valence-corrected chi connectivity index (χ2v) is 6.90. The average molecular weight is 408 g/mol. The number of hydrogen-bond acceptors (Lipinski definition) is 5. The lowest BCUT2D eigenvalue weighted by molar-refractivity contribution is -0.133. The summed E-state index contributed by atoms with van der Waals surface area (Å²) in [6, 6.07) is 20.6. The zero-order chi connectivity index (χ0) is 20.1. The maximum atomic E-state index is 13.0. The van der Waals surface area contributed by atoms with Gasteiger partial charge in [-0.05, 0) is 47.2 Å². The summed E-state index contributed by atoms with van der Waals surface area (Å²) in [5, 5.41) is 13.0. The van der Waals surface area contributed by atoms with Crippen LogP contribution in [0.2, 0.25) is 5.02 Å². The van der Waals surface area contributed by atoms with E-state index >= 15 is 0 Å². The van der Waals surface area contributed by atoms with E-state index in [0.717, 1.165) is 11.1 Å². The van der Waals surface area contributed by atoms with Crippen molar-refractivity contribution in [1.82, 2.24) is 25.1 Å². The topological polar surface area (TPSA) is 77.1 Å². The average Bonchev–Trinajstić information content (AvgIpc) is 3.41. The molecule has 0 atom stereocenters. The summed E-state index contributed by atoms with van der Waals surface area (Å²) in [4.78, 5) is 16.0. The third kappa shape index (κ3) is 4.89. The van der Waals surface area contributed by atoms with Crippen molar-refractivity contribution in [2.45, 2.75) is 19.6 Å². The summed E-state index contributed by atoms with van der Waals surface area (Å²) in [5.41, 5.74) is 1.81. The first kappa shape index (κ1) is 18.9. The van der Waals surface area contributed by atoms with Crippen LogP contribution in [-0.4, -0.2) is 31.0 Å². The molecule has 0 aliphatic heterocycles. The molecule has 0 spiro atoms. The van der Waals surface area contributed by atoms with Gasteiger partial charge in [-0.1, -0.05) is 41.9 Å². The summed E-state index contributed by atoms with van der Waals surface area (Å²) in [7, 11) is 0. The molecule has 0 fully saturated rings. The summed E-state index contributed by atoms with van der Waals surface area (Å²) < 4.78 is 5.42. The smallest absolute Gasteiger partial charge is 0.246 e. The molecule has 0 saturated heterocycles. The molecule has 0 unspecified atom stereocenters. The highest BCUT2D eigenvalue weighted by atomic mass is 35.5. The molecule has 2 aromatic carbocycles. The van der Waals surface area contributed by atoms with Crippen LogP contribution in [0.5, 0.6) is 0 Å². The molecule has 8 heteroatoms. The number of rotatable bonds is 7. The Morgan fingerprint density at radius 2 is 1.79 bits per heavy atom. The van der Waals surface area contributed by atoms with Gasteiger partial charge in [-0.3, -0.25) is 4.79 Å². The number of amides is 1. The van der Waals surface area contributed by atoms with E-state index < -0.39 is 0 Å². The molecule has 0 saturated carbocycles. The standard InChI is InChI=1S/C21H18ClN5O2/c22-18-10-8-17(9-11-18)21-23-25-27(24-21)15-20(28)26(14-19-7-4-12-29-19)13-16-5-2-1-3-6-16/h1-12H,13-15H2. The number of halogens is 1. The van der Waals surface area contributed by atoms with E-state index in [-0.39, 0.29) is 12.5 Å². The van der Waals surface area contributed by atoms with E-state index in [2.05, 4.69) is 15.4 Å². The second kappa shape index (κ2) is 8.70. The second-order valence-electron chi connectivity index (χ2n) is 6.47. The van der Waals surface area contributed by atoms with Crippen LogP contribution in [-0.2, 0) is 24.4 Å². The van der Waals surface area contributed by atoms with Crippen LogP contribution in [0.15, 0.2) is 77.4 Å². The monoisotopic (exact) mass is 407 g/mol. The Morgan fingerprint density at radius 3 is 2.52 bits per heavy atom. The first-order valence-electron chi connectivity index (χ1n) is 9.05. The normalized spacial score (nSPS) is 10.8. The highest BCUT2D eigenvalue weighted by Gasteiger charge is 2.18. The van der Waals surface area contributed by atoms with Crippen LogP contribution in [0, 0.1) is 0 Å². The van der Waals surface area contributed by atoms with Crippen molar-refractivity contribution in [1.29, 1.82) is 0 Å². The molecule has 7 nitrogen and oxygen atoms in total. The SMILES string of the molecule is O=C(Cn1nnc(-c2ccc(Cl)cc2)n1)N(Cc1ccccc1)Cc1ccco1. The van der Waals surface area contributed by atoms with E-state index in [1.165, 1.54) is 4.80 Å². The fourth-order valence-corrected chi connectivity index (χ4v) is 3.00. The van der Waals surface area contributed by atoms with Crippen LogP contribution in [0.1, 0.15) is 11.3 Å². The van der Waals surface area contributed by atoms with Gasteiger partial charge in [0.2, 0.25) is 11.7 Å². The number of carbonyl (C=O) groups excluding carboxylic acids is 1. The lowest BCUT2D eigenvalue weighted by Crippen LogP contribution is -2.33. The van der Waals surface area contributed by atoms with Gasteiger partial charge in [-0.15, -0.1) is 10.2 Å². The van der Waals surface area contributed by atoms with Gasteiger partial charge < -0.3 is 9.32 Å². The minimum atomic E-state index is -0.134. The van der Waals surface area contributed by atoms with E-state index in [9.17, 15) is 4.79 Å². The Morgan fingerprint density at radius 1 is 1.00 bits per heavy atom. The van der Waals surface area contributed by atoms with Gasteiger partial charge in [-0.25, -0.2) is 0 Å². The molecular weight excluding hydrogens is 390 g/mol. The fourth-order valence-electron chi connectivity index (χ4n) is 2.87. The minimum absolute atomic E-state index is 0.0197. The first-order valence-corrected chi connectivity index (χ1v) is 9.43. The maximum absolute atomic E-state index is 13.0. The Balaban J connectivity index is 1.49. The lowest BCUT2D eigenvalue weighted by atomic mass is 10.2. The lowest BCUT2D eigenvalue weighted by Gasteiger charge is -2.21. The minimum Gasteiger partial charge on any atom is -0.467 e. The van der Waals surface area contributed by atoms with Crippen LogP contribution in [0.4, 0.5) is 0 Å². The molecule has 1 amide bonds.